The van der Waals surface area contributed by atoms with E-state index in [0.29, 0.717) is 35.7 Å². The third-order valence-corrected chi connectivity index (χ3v) is 7.30. The van der Waals surface area contributed by atoms with Crippen LogP contribution in [0.25, 0.3) is 5.69 Å². The molecule has 2 aromatic heterocycles. The number of benzene rings is 2. The van der Waals surface area contributed by atoms with Crippen molar-refractivity contribution < 1.29 is 14.3 Å². The van der Waals surface area contributed by atoms with Crippen molar-refractivity contribution in [1.82, 2.24) is 19.9 Å². The number of nitrogens with zero attached hydrogens (tertiary/aromatic N) is 4. The highest BCUT2D eigenvalue weighted by Crippen LogP contribution is 2.39. The lowest BCUT2D eigenvalue weighted by Gasteiger charge is -2.36. The van der Waals surface area contributed by atoms with Gasteiger partial charge in [-0.2, -0.15) is 15.0 Å². The Morgan fingerprint density at radius 1 is 1.06 bits per heavy atom. The maximum Gasteiger partial charge on any atom is 0.256 e. The van der Waals surface area contributed by atoms with Crippen molar-refractivity contribution in [3.8, 4) is 17.2 Å². The molecule has 1 atom stereocenters. The minimum atomic E-state index is -0.0757. The van der Waals surface area contributed by atoms with Gasteiger partial charge in [0.2, 0.25) is 0 Å². The van der Waals surface area contributed by atoms with Crippen molar-refractivity contribution in [2.45, 2.75) is 25.8 Å². The molecule has 0 radical (unpaired) electrons. The van der Waals surface area contributed by atoms with Gasteiger partial charge in [0.15, 0.2) is 11.5 Å². The van der Waals surface area contributed by atoms with Gasteiger partial charge in [-0.15, -0.1) is 11.3 Å². The first-order valence-corrected chi connectivity index (χ1v) is 12.0. The molecular weight excluding hydrogens is 448 g/mol. The number of rotatable bonds is 6. The summed E-state index contributed by atoms with van der Waals surface area (Å²) in [6.07, 6.45) is 4.76. The zero-order chi connectivity index (χ0) is 23.7. The molecule has 174 valence electrons. The van der Waals surface area contributed by atoms with Crippen LogP contribution in [0.4, 0.5) is 0 Å². The molecule has 0 aliphatic carbocycles. The fourth-order valence-electron chi connectivity index (χ4n) is 4.55. The molecule has 3 heterocycles. The van der Waals surface area contributed by atoms with Crippen molar-refractivity contribution in [1.29, 1.82) is 0 Å². The van der Waals surface area contributed by atoms with Gasteiger partial charge in [0, 0.05) is 11.4 Å². The summed E-state index contributed by atoms with van der Waals surface area (Å²) in [6.45, 7) is 2.65. The normalized spacial score (nSPS) is 15.1. The maximum absolute atomic E-state index is 14.0. The topological polar surface area (TPSA) is 69.5 Å². The van der Waals surface area contributed by atoms with Crippen LogP contribution in [0.3, 0.4) is 0 Å². The van der Waals surface area contributed by atoms with Crippen molar-refractivity contribution in [2.24, 2.45) is 0 Å². The molecule has 1 aliphatic heterocycles. The van der Waals surface area contributed by atoms with E-state index >= 15 is 0 Å². The number of carbonyl (C=O) groups excluding carboxylic acids is 1. The highest BCUT2D eigenvalue weighted by atomic mass is 32.1. The second-order valence-corrected chi connectivity index (χ2v) is 9.25. The molecule has 1 aliphatic rings. The Bertz CT molecular complexity index is 1320. The predicted molar refractivity (Wildman–Crippen MR) is 131 cm³/mol. The van der Waals surface area contributed by atoms with E-state index in [1.807, 2.05) is 48.2 Å². The molecule has 0 fully saturated rings. The van der Waals surface area contributed by atoms with Gasteiger partial charge in [-0.05, 0) is 66.6 Å². The number of carbonyl (C=O) groups is 1. The summed E-state index contributed by atoms with van der Waals surface area (Å²) >= 11 is 1.71. The molecule has 0 saturated heterocycles. The van der Waals surface area contributed by atoms with Crippen molar-refractivity contribution >= 4 is 17.2 Å². The van der Waals surface area contributed by atoms with E-state index in [0.717, 1.165) is 17.5 Å². The first kappa shape index (κ1) is 22.2. The standard InChI is InChI=1S/C26H26N4O3S/c1-17-4-6-21(30-27-10-11-28-30)20(14-17)26(31)29-12-8-19-9-13-34-25(19)22(29)15-18-5-7-23(32-2)24(16-18)33-3/h4-7,9-11,13-14,16,22H,8,12,15H2,1-3H3. The highest BCUT2D eigenvalue weighted by molar-refractivity contribution is 7.10. The monoisotopic (exact) mass is 474 g/mol. The summed E-state index contributed by atoms with van der Waals surface area (Å²) in [5.74, 6) is 1.36. The molecule has 0 saturated carbocycles. The quantitative estimate of drug-likeness (QED) is 0.407. The lowest BCUT2D eigenvalue weighted by molar-refractivity contribution is 0.0664. The van der Waals surface area contributed by atoms with E-state index in [9.17, 15) is 4.79 Å². The van der Waals surface area contributed by atoms with Crippen molar-refractivity contribution in [3.05, 3.63) is 87.4 Å². The molecule has 8 heteroatoms. The smallest absolute Gasteiger partial charge is 0.256 e. The third kappa shape index (κ3) is 4.05. The van der Waals surface area contributed by atoms with Crippen LogP contribution >= 0.6 is 11.3 Å². The van der Waals surface area contributed by atoms with E-state index in [2.05, 4.69) is 21.6 Å². The van der Waals surface area contributed by atoms with E-state index in [4.69, 9.17) is 9.47 Å². The van der Waals surface area contributed by atoms with Gasteiger partial charge < -0.3 is 14.4 Å². The first-order chi connectivity index (χ1) is 16.6. The second kappa shape index (κ2) is 9.30. The lowest BCUT2D eigenvalue weighted by Crippen LogP contribution is -2.40. The van der Waals surface area contributed by atoms with Gasteiger partial charge in [0.1, 0.15) is 0 Å². The Kier molecular flexibility index (Phi) is 6.06. The van der Waals surface area contributed by atoms with Gasteiger partial charge in [-0.3, -0.25) is 4.79 Å². The Hall–Kier alpha value is -3.65. The lowest BCUT2D eigenvalue weighted by atomic mass is 9.94. The zero-order valence-corrected chi connectivity index (χ0v) is 20.2. The van der Waals surface area contributed by atoms with Gasteiger partial charge in [-0.1, -0.05) is 17.7 Å². The fraction of sp³-hybridized carbons (Fsp3) is 0.269. The molecule has 0 bridgehead atoms. The minimum absolute atomic E-state index is 0.0134. The fourth-order valence-corrected chi connectivity index (χ4v) is 5.62. The summed E-state index contributed by atoms with van der Waals surface area (Å²) in [7, 11) is 3.27. The summed E-state index contributed by atoms with van der Waals surface area (Å²) in [4.78, 5) is 18.8. The summed E-state index contributed by atoms with van der Waals surface area (Å²) in [5, 5.41) is 10.6. The van der Waals surface area contributed by atoms with E-state index < -0.39 is 0 Å². The average Bonchev–Trinajstić information content (AvgIpc) is 3.56. The summed E-state index contributed by atoms with van der Waals surface area (Å²) in [6, 6.07) is 13.9. The van der Waals surface area contributed by atoms with E-state index in [1.165, 1.54) is 15.2 Å². The Labute approximate surface area is 202 Å². The number of aryl methyl sites for hydroxylation is 1. The molecular formula is C26H26N4O3S. The maximum atomic E-state index is 14.0. The molecule has 5 rings (SSSR count). The van der Waals surface area contributed by atoms with Crippen LogP contribution < -0.4 is 9.47 Å². The SMILES string of the molecule is COc1ccc(CC2c3sccc3CCN2C(=O)c2cc(C)ccc2-n2nccn2)cc1OC. The summed E-state index contributed by atoms with van der Waals surface area (Å²) in [5.41, 5.74) is 4.71. The van der Waals surface area contributed by atoms with E-state index in [-0.39, 0.29) is 11.9 Å². The van der Waals surface area contributed by atoms with Crippen molar-refractivity contribution in [2.75, 3.05) is 20.8 Å². The first-order valence-electron chi connectivity index (χ1n) is 11.1. The molecule has 1 unspecified atom stereocenters. The largest absolute Gasteiger partial charge is 0.493 e. The van der Waals surface area contributed by atoms with Crippen LogP contribution in [0.15, 0.2) is 60.2 Å². The Balaban J connectivity index is 1.54. The zero-order valence-electron chi connectivity index (χ0n) is 19.4. The van der Waals surface area contributed by atoms with Crippen LogP contribution in [-0.4, -0.2) is 46.6 Å². The average molecular weight is 475 g/mol. The van der Waals surface area contributed by atoms with E-state index in [1.54, 1.807) is 38.0 Å². The number of aromatic nitrogens is 3. The Morgan fingerprint density at radius 3 is 2.62 bits per heavy atom. The van der Waals surface area contributed by atoms with Crippen LogP contribution in [0.2, 0.25) is 0 Å². The third-order valence-electron chi connectivity index (χ3n) is 6.24. The number of ether oxygens (including phenoxy) is 2. The van der Waals surface area contributed by atoms with Gasteiger partial charge in [0.05, 0.1) is 43.9 Å². The number of fused-ring (bicyclic) bond motifs is 1. The van der Waals surface area contributed by atoms with Crippen LogP contribution in [0, 0.1) is 6.92 Å². The number of thiophene rings is 1. The van der Waals surface area contributed by atoms with Gasteiger partial charge in [-0.25, -0.2) is 0 Å². The van der Waals surface area contributed by atoms with Gasteiger partial charge >= 0.3 is 0 Å². The molecule has 34 heavy (non-hydrogen) atoms. The highest BCUT2D eigenvalue weighted by Gasteiger charge is 2.34. The molecule has 0 spiro atoms. The molecule has 0 N–H and O–H groups in total. The van der Waals surface area contributed by atoms with Crippen LogP contribution in [-0.2, 0) is 12.8 Å². The second-order valence-electron chi connectivity index (χ2n) is 8.31. The molecule has 2 aromatic carbocycles. The number of hydrogen-bond acceptors (Lipinski definition) is 6. The van der Waals surface area contributed by atoms with Gasteiger partial charge in [0.25, 0.3) is 5.91 Å². The molecule has 1 amide bonds. The number of amides is 1. The van der Waals surface area contributed by atoms with Crippen LogP contribution in [0.1, 0.15) is 38.0 Å². The van der Waals surface area contributed by atoms with Crippen LogP contribution in [0.5, 0.6) is 11.5 Å². The summed E-state index contributed by atoms with van der Waals surface area (Å²) < 4.78 is 10.9. The Morgan fingerprint density at radius 2 is 1.85 bits per heavy atom. The number of methoxy groups -OCH3 is 2. The minimum Gasteiger partial charge on any atom is -0.493 e. The predicted octanol–water partition coefficient (Wildman–Crippen LogP) is 4.64. The molecule has 7 nitrogen and oxygen atoms in total. The molecule has 4 aromatic rings. The number of hydrogen-bond donors (Lipinski definition) is 0. The van der Waals surface area contributed by atoms with Crippen molar-refractivity contribution in [3.63, 3.8) is 0 Å².